The number of hydrogen-bond acceptors (Lipinski definition) is 3. The van der Waals surface area contributed by atoms with Crippen molar-refractivity contribution in [3.8, 4) is 0 Å². The fourth-order valence-corrected chi connectivity index (χ4v) is 3.12. The fourth-order valence-electron chi connectivity index (χ4n) is 2.95. The molecule has 0 unspecified atom stereocenters. The maximum atomic E-state index is 12.5. The van der Waals surface area contributed by atoms with Gasteiger partial charge in [0.15, 0.2) is 0 Å². The standard InChI is InChI=1S/C19H20ClN3O2/c1-12-6-7-14(20)11-16(12)23-18(24)13-8-9-21-17(10-13)19(25)22-15-4-2-3-5-15/h6-11,15H,2-5H2,1H3,(H,22,25)(H,23,24). The number of rotatable bonds is 4. The number of amides is 2. The molecule has 0 saturated heterocycles. The Kier molecular flexibility index (Phi) is 5.34. The van der Waals surface area contributed by atoms with E-state index < -0.39 is 0 Å². The van der Waals surface area contributed by atoms with Crippen LogP contribution in [0.4, 0.5) is 5.69 Å². The van der Waals surface area contributed by atoms with Gasteiger partial charge in [-0.1, -0.05) is 30.5 Å². The van der Waals surface area contributed by atoms with E-state index in [2.05, 4.69) is 15.6 Å². The second-order valence-corrected chi connectivity index (χ2v) is 6.73. The third kappa shape index (κ3) is 4.37. The van der Waals surface area contributed by atoms with Crippen molar-refractivity contribution >= 4 is 29.1 Å². The van der Waals surface area contributed by atoms with Crippen LogP contribution in [0.15, 0.2) is 36.5 Å². The molecule has 1 saturated carbocycles. The molecule has 0 radical (unpaired) electrons. The van der Waals surface area contributed by atoms with E-state index in [-0.39, 0.29) is 23.6 Å². The third-order valence-electron chi connectivity index (χ3n) is 4.39. The molecular weight excluding hydrogens is 338 g/mol. The summed E-state index contributed by atoms with van der Waals surface area (Å²) in [7, 11) is 0. The second kappa shape index (κ2) is 7.66. The number of aryl methyl sites for hydroxylation is 1. The second-order valence-electron chi connectivity index (χ2n) is 6.30. The van der Waals surface area contributed by atoms with E-state index >= 15 is 0 Å². The molecule has 6 heteroatoms. The van der Waals surface area contributed by atoms with Crippen molar-refractivity contribution in [3.05, 3.63) is 58.4 Å². The van der Waals surface area contributed by atoms with Gasteiger partial charge in [-0.15, -0.1) is 0 Å². The third-order valence-corrected chi connectivity index (χ3v) is 4.63. The SMILES string of the molecule is Cc1ccc(Cl)cc1NC(=O)c1ccnc(C(=O)NC2CCCC2)c1. The van der Waals surface area contributed by atoms with E-state index in [4.69, 9.17) is 11.6 Å². The largest absolute Gasteiger partial charge is 0.348 e. The summed E-state index contributed by atoms with van der Waals surface area (Å²) >= 11 is 5.98. The summed E-state index contributed by atoms with van der Waals surface area (Å²) in [5.41, 5.74) is 2.19. The van der Waals surface area contributed by atoms with Gasteiger partial charge in [-0.25, -0.2) is 0 Å². The molecule has 0 atom stereocenters. The Labute approximate surface area is 151 Å². The monoisotopic (exact) mass is 357 g/mol. The lowest BCUT2D eigenvalue weighted by Crippen LogP contribution is -2.33. The van der Waals surface area contributed by atoms with Crippen LogP contribution >= 0.6 is 11.6 Å². The molecule has 1 aromatic heterocycles. The molecule has 0 aliphatic heterocycles. The van der Waals surface area contributed by atoms with E-state index in [9.17, 15) is 9.59 Å². The zero-order valence-corrected chi connectivity index (χ0v) is 14.8. The van der Waals surface area contributed by atoms with Gasteiger partial charge in [0.2, 0.25) is 0 Å². The molecule has 1 aliphatic rings. The van der Waals surface area contributed by atoms with E-state index in [0.29, 0.717) is 16.3 Å². The lowest BCUT2D eigenvalue weighted by atomic mass is 10.1. The molecule has 5 nitrogen and oxygen atoms in total. The Balaban J connectivity index is 1.72. The highest BCUT2D eigenvalue weighted by Gasteiger charge is 2.19. The summed E-state index contributed by atoms with van der Waals surface area (Å²) < 4.78 is 0. The van der Waals surface area contributed by atoms with Crippen molar-refractivity contribution in [1.29, 1.82) is 0 Å². The minimum absolute atomic E-state index is 0.209. The van der Waals surface area contributed by atoms with E-state index in [0.717, 1.165) is 31.2 Å². The zero-order chi connectivity index (χ0) is 17.8. The number of anilines is 1. The number of nitrogens with zero attached hydrogens (tertiary/aromatic N) is 1. The van der Waals surface area contributed by atoms with Crippen molar-refractivity contribution in [1.82, 2.24) is 10.3 Å². The van der Waals surface area contributed by atoms with Gasteiger partial charge in [0.25, 0.3) is 11.8 Å². The van der Waals surface area contributed by atoms with Crippen molar-refractivity contribution in [3.63, 3.8) is 0 Å². The number of hydrogen-bond donors (Lipinski definition) is 2. The van der Waals surface area contributed by atoms with Gasteiger partial charge in [-0.05, 0) is 49.6 Å². The van der Waals surface area contributed by atoms with Crippen molar-refractivity contribution in [2.45, 2.75) is 38.6 Å². The van der Waals surface area contributed by atoms with Gasteiger partial charge >= 0.3 is 0 Å². The first kappa shape index (κ1) is 17.4. The summed E-state index contributed by atoms with van der Waals surface area (Å²) in [6, 6.07) is 8.61. The first-order chi connectivity index (χ1) is 12.0. The highest BCUT2D eigenvalue weighted by Crippen LogP contribution is 2.21. The average Bonchev–Trinajstić information content (AvgIpc) is 3.11. The van der Waals surface area contributed by atoms with Gasteiger partial charge in [0, 0.05) is 28.5 Å². The molecule has 1 aromatic carbocycles. The Morgan fingerprint density at radius 3 is 2.64 bits per heavy atom. The molecule has 1 fully saturated rings. The van der Waals surface area contributed by atoms with E-state index in [1.165, 1.54) is 12.3 Å². The molecule has 25 heavy (non-hydrogen) atoms. The van der Waals surface area contributed by atoms with Crippen molar-refractivity contribution in [2.24, 2.45) is 0 Å². The first-order valence-electron chi connectivity index (χ1n) is 8.37. The molecule has 0 bridgehead atoms. The molecule has 1 aliphatic carbocycles. The molecule has 2 N–H and O–H groups in total. The van der Waals surface area contributed by atoms with Crippen LogP contribution in [0.5, 0.6) is 0 Å². The van der Waals surface area contributed by atoms with Crippen LogP contribution < -0.4 is 10.6 Å². The van der Waals surface area contributed by atoms with Crippen LogP contribution in [0.3, 0.4) is 0 Å². The van der Waals surface area contributed by atoms with Crippen LogP contribution in [0.1, 0.15) is 52.1 Å². The van der Waals surface area contributed by atoms with Gasteiger partial charge in [-0.2, -0.15) is 0 Å². The van der Waals surface area contributed by atoms with Crippen LogP contribution in [0.25, 0.3) is 0 Å². The van der Waals surface area contributed by atoms with Crippen LogP contribution in [-0.2, 0) is 0 Å². The van der Waals surface area contributed by atoms with E-state index in [1.807, 2.05) is 13.0 Å². The van der Waals surface area contributed by atoms with Gasteiger partial charge in [-0.3, -0.25) is 14.6 Å². The summed E-state index contributed by atoms with van der Waals surface area (Å²) in [6.45, 7) is 1.89. The average molecular weight is 358 g/mol. The maximum Gasteiger partial charge on any atom is 0.270 e. The molecule has 2 amide bonds. The number of carbonyl (C=O) groups excluding carboxylic acids is 2. The lowest BCUT2D eigenvalue weighted by molar-refractivity contribution is 0.0933. The first-order valence-corrected chi connectivity index (χ1v) is 8.75. The summed E-state index contributed by atoms with van der Waals surface area (Å²) in [5.74, 6) is -0.539. The number of pyridine rings is 1. The number of benzene rings is 1. The van der Waals surface area contributed by atoms with E-state index in [1.54, 1.807) is 18.2 Å². The fraction of sp³-hybridized carbons (Fsp3) is 0.316. The molecule has 3 rings (SSSR count). The van der Waals surface area contributed by atoms with Gasteiger partial charge in [0.1, 0.15) is 5.69 Å². The molecule has 0 spiro atoms. The quantitative estimate of drug-likeness (QED) is 0.869. The zero-order valence-electron chi connectivity index (χ0n) is 14.0. The van der Waals surface area contributed by atoms with Crippen molar-refractivity contribution in [2.75, 3.05) is 5.32 Å². The summed E-state index contributed by atoms with van der Waals surface area (Å²) in [6.07, 6.45) is 5.75. The predicted molar refractivity (Wildman–Crippen MR) is 98.1 cm³/mol. The Morgan fingerprint density at radius 2 is 1.88 bits per heavy atom. The Morgan fingerprint density at radius 1 is 1.12 bits per heavy atom. The topological polar surface area (TPSA) is 71.1 Å². The molecule has 1 heterocycles. The highest BCUT2D eigenvalue weighted by molar-refractivity contribution is 6.31. The smallest absolute Gasteiger partial charge is 0.270 e. The number of halogens is 1. The number of nitrogens with one attached hydrogen (secondary N) is 2. The molecular formula is C19H20ClN3O2. The maximum absolute atomic E-state index is 12.5. The number of carbonyl (C=O) groups is 2. The van der Waals surface area contributed by atoms with Gasteiger partial charge < -0.3 is 10.6 Å². The minimum Gasteiger partial charge on any atom is -0.348 e. The summed E-state index contributed by atoms with van der Waals surface area (Å²) in [5, 5.41) is 6.35. The summed E-state index contributed by atoms with van der Waals surface area (Å²) in [4.78, 5) is 28.9. The van der Waals surface area contributed by atoms with Crippen LogP contribution in [-0.4, -0.2) is 22.8 Å². The van der Waals surface area contributed by atoms with Crippen LogP contribution in [0.2, 0.25) is 5.02 Å². The van der Waals surface area contributed by atoms with Crippen molar-refractivity contribution < 1.29 is 9.59 Å². The normalized spacial score (nSPS) is 14.3. The van der Waals surface area contributed by atoms with Gasteiger partial charge in [0.05, 0.1) is 0 Å². The van der Waals surface area contributed by atoms with Crippen LogP contribution in [0, 0.1) is 6.92 Å². The lowest BCUT2D eigenvalue weighted by Gasteiger charge is -2.12. The molecule has 2 aromatic rings. The molecule has 130 valence electrons. The number of aromatic nitrogens is 1. The predicted octanol–water partition coefficient (Wildman–Crippen LogP) is 3.97. The highest BCUT2D eigenvalue weighted by atomic mass is 35.5. The Bertz CT molecular complexity index is 801. The Hall–Kier alpha value is -2.40. The minimum atomic E-state index is -0.303.